The Morgan fingerprint density at radius 2 is 1.23 bits per heavy atom. The summed E-state index contributed by atoms with van der Waals surface area (Å²) in [6.45, 7) is 5.04. The maximum atomic E-state index is 11.4. The van der Waals surface area contributed by atoms with Crippen molar-refractivity contribution in [1.29, 1.82) is 0 Å². The summed E-state index contributed by atoms with van der Waals surface area (Å²) in [4.78, 5) is 46.0. The van der Waals surface area contributed by atoms with Crippen molar-refractivity contribution in [2.24, 2.45) is 0 Å². The van der Waals surface area contributed by atoms with Crippen LogP contribution in [0.5, 0.6) is 0 Å². The van der Waals surface area contributed by atoms with Crippen LogP contribution in [0.2, 0.25) is 0 Å². The third-order valence-corrected chi connectivity index (χ3v) is 4.87. The third kappa shape index (κ3) is 8.78. The Bertz CT molecular complexity index is 337. The summed E-state index contributed by atoms with van der Waals surface area (Å²) < 4.78 is 0. The predicted molar refractivity (Wildman–Crippen MR) is 88.6 cm³/mol. The number of imide groups is 2. The highest BCUT2D eigenvalue weighted by Crippen LogP contribution is 2.19. The number of nitrogens with one attached hydrogen (secondary N) is 2. The minimum Gasteiger partial charge on any atom is -0.337 e. The van der Waals surface area contributed by atoms with Crippen LogP contribution in [0.15, 0.2) is 0 Å². The molecule has 0 atom stereocenters. The maximum absolute atomic E-state index is 11.4. The lowest BCUT2D eigenvalue weighted by Crippen LogP contribution is -2.40. The molecule has 0 heterocycles. The molecule has 6 amide bonds. The lowest BCUT2D eigenvalue weighted by molar-refractivity contribution is -0.116. The summed E-state index contributed by atoms with van der Waals surface area (Å²) in [6, 6.07) is -0.798. The van der Waals surface area contributed by atoms with Gasteiger partial charge in [0.1, 0.15) is 0 Å². The number of rotatable bonds is 11. The third-order valence-electron chi connectivity index (χ3n) is 2.46. The molecule has 0 bridgehead atoms. The summed E-state index contributed by atoms with van der Waals surface area (Å²) >= 11 is 0. The smallest absolute Gasteiger partial charge is 0.323 e. The van der Waals surface area contributed by atoms with Gasteiger partial charge < -0.3 is 10.6 Å². The average Bonchev–Trinajstić information content (AvgIpc) is 2.52. The topological polar surface area (TPSA) is 98.8 Å². The van der Waals surface area contributed by atoms with E-state index in [9.17, 15) is 19.2 Å². The molecule has 0 unspecified atom stereocenters. The van der Waals surface area contributed by atoms with Crippen molar-refractivity contribution in [3.8, 4) is 0 Å². The van der Waals surface area contributed by atoms with Gasteiger partial charge in [-0.15, -0.1) is 0 Å². The lowest BCUT2D eigenvalue weighted by Gasteiger charge is -2.14. The Hall–Kier alpha value is -1.42. The first-order valence-electron chi connectivity index (χ1n) is 6.84. The molecule has 0 spiro atoms. The molecular formula is C12H22N4O4S2. The molecule has 2 N–H and O–H groups in total. The second-order valence-corrected chi connectivity index (χ2v) is 6.59. The first kappa shape index (κ1) is 20.6. The number of amides is 6. The summed E-state index contributed by atoms with van der Waals surface area (Å²) in [6.07, 6.45) is 0.998. The number of carbonyl (C=O) groups is 4. The van der Waals surface area contributed by atoms with Crippen molar-refractivity contribution in [3.05, 3.63) is 0 Å². The van der Waals surface area contributed by atoms with E-state index in [0.717, 1.165) is 9.80 Å². The fourth-order valence-corrected chi connectivity index (χ4v) is 3.07. The molecule has 0 fully saturated rings. The molecule has 0 aliphatic carbocycles. The van der Waals surface area contributed by atoms with E-state index in [1.165, 1.54) is 0 Å². The molecular weight excluding hydrogens is 328 g/mol. The van der Waals surface area contributed by atoms with E-state index in [1.807, 2.05) is 0 Å². The van der Waals surface area contributed by atoms with Gasteiger partial charge in [-0.2, -0.15) is 0 Å². The average molecular weight is 350 g/mol. The molecule has 10 heteroatoms. The number of carbonyl (C=O) groups excluding carboxylic acids is 4. The van der Waals surface area contributed by atoms with Gasteiger partial charge in [-0.1, -0.05) is 21.6 Å². The zero-order chi connectivity index (χ0) is 16.8. The van der Waals surface area contributed by atoms with Crippen LogP contribution in [0.25, 0.3) is 0 Å². The van der Waals surface area contributed by atoms with Gasteiger partial charge in [-0.3, -0.25) is 19.4 Å². The molecule has 0 aromatic rings. The van der Waals surface area contributed by atoms with Crippen molar-refractivity contribution in [1.82, 2.24) is 20.4 Å². The number of hydrogen-bond donors (Lipinski definition) is 2. The Labute approximate surface area is 138 Å². The van der Waals surface area contributed by atoms with E-state index in [0.29, 0.717) is 50.5 Å². The molecule has 0 aromatic carbocycles. The van der Waals surface area contributed by atoms with E-state index >= 15 is 0 Å². The van der Waals surface area contributed by atoms with Gasteiger partial charge in [0.05, 0.1) is 0 Å². The quantitative estimate of drug-likeness (QED) is 0.324. The van der Waals surface area contributed by atoms with Gasteiger partial charge in [-0.25, -0.2) is 9.59 Å². The van der Waals surface area contributed by atoms with E-state index in [2.05, 4.69) is 10.6 Å². The molecule has 0 aromatic heterocycles. The maximum Gasteiger partial charge on any atom is 0.323 e. The summed E-state index contributed by atoms with van der Waals surface area (Å²) in [5.74, 6) is 1.38. The monoisotopic (exact) mass is 350 g/mol. The highest BCUT2D eigenvalue weighted by Gasteiger charge is 2.09. The highest BCUT2D eigenvalue weighted by atomic mass is 33.1. The SMILES string of the molecule is CCN(C=O)C(=O)NCCSSCCNC(=O)N(C=O)CC. The lowest BCUT2D eigenvalue weighted by atomic mass is 10.6. The Balaban J connectivity index is 3.55. The first-order valence-corrected chi connectivity index (χ1v) is 9.33. The van der Waals surface area contributed by atoms with Crippen molar-refractivity contribution in [3.63, 3.8) is 0 Å². The molecule has 22 heavy (non-hydrogen) atoms. The zero-order valence-electron chi connectivity index (χ0n) is 12.7. The fraction of sp³-hybridized carbons (Fsp3) is 0.667. The van der Waals surface area contributed by atoms with Crippen molar-refractivity contribution < 1.29 is 19.2 Å². The molecule has 0 aliphatic rings. The minimum absolute atomic E-state index is 0.340. The van der Waals surface area contributed by atoms with Gasteiger partial charge in [0.25, 0.3) is 0 Å². The van der Waals surface area contributed by atoms with Crippen LogP contribution in [-0.2, 0) is 9.59 Å². The first-order chi connectivity index (χ1) is 10.6. The van der Waals surface area contributed by atoms with E-state index in [4.69, 9.17) is 0 Å². The van der Waals surface area contributed by atoms with Crippen LogP contribution in [0.3, 0.4) is 0 Å². The van der Waals surface area contributed by atoms with Crippen molar-refractivity contribution in [2.75, 3.05) is 37.7 Å². The fourth-order valence-electron chi connectivity index (χ4n) is 1.25. The van der Waals surface area contributed by atoms with Gasteiger partial charge in [0.15, 0.2) is 0 Å². The van der Waals surface area contributed by atoms with Crippen LogP contribution >= 0.6 is 21.6 Å². The van der Waals surface area contributed by atoms with Gasteiger partial charge in [-0.05, 0) is 13.8 Å². The molecule has 0 aliphatic heterocycles. The van der Waals surface area contributed by atoms with E-state index in [1.54, 1.807) is 35.4 Å². The summed E-state index contributed by atoms with van der Waals surface area (Å²) in [5.41, 5.74) is 0. The molecule has 0 saturated carbocycles. The van der Waals surface area contributed by atoms with Crippen molar-refractivity contribution >= 4 is 46.5 Å². The molecule has 0 rings (SSSR count). The second-order valence-electron chi connectivity index (χ2n) is 3.89. The van der Waals surface area contributed by atoms with Crippen LogP contribution in [0.4, 0.5) is 9.59 Å². The van der Waals surface area contributed by atoms with Crippen LogP contribution < -0.4 is 10.6 Å². The largest absolute Gasteiger partial charge is 0.337 e. The van der Waals surface area contributed by atoms with Crippen LogP contribution in [0, 0.1) is 0 Å². The van der Waals surface area contributed by atoms with Gasteiger partial charge in [0, 0.05) is 37.7 Å². The zero-order valence-corrected chi connectivity index (χ0v) is 14.4. The standard InChI is InChI=1S/C12H22N4O4S2/c1-3-15(9-17)11(19)13-5-7-21-22-8-6-14-12(20)16(4-2)10-18/h9-10H,3-8H2,1-2H3,(H,13,19)(H,14,20). The molecule has 126 valence electrons. The van der Waals surface area contributed by atoms with E-state index < -0.39 is 12.1 Å². The predicted octanol–water partition coefficient (Wildman–Crippen LogP) is 0.744. The van der Waals surface area contributed by atoms with Gasteiger partial charge in [0.2, 0.25) is 12.8 Å². The van der Waals surface area contributed by atoms with E-state index in [-0.39, 0.29) is 0 Å². The highest BCUT2D eigenvalue weighted by molar-refractivity contribution is 8.76. The van der Waals surface area contributed by atoms with Crippen molar-refractivity contribution in [2.45, 2.75) is 13.8 Å². The van der Waals surface area contributed by atoms with Crippen LogP contribution in [-0.4, -0.2) is 72.4 Å². The normalized spacial score (nSPS) is 9.73. The molecule has 8 nitrogen and oxygen atoms in total. The summed E-state index contributed by atoms with van der Waals surface area (Å²) in [7, 11) is 3.11. The number of hydrogen-bond acceptors (Lipinski definition) is 6. The number of urea groups is 2. The Kier molecular flexibility index (Phi) is 12.4. The Morgan fingerprint density at radius 3 is 1.50 bits per heavy atom. The molecule has 0 saturated heterocycles. The second kappa shape index (κ2) is 13.3. The minimum atomic E-state index is -0.399. The van der Waals surface area contributed by atoms with Gasteiger partial charge >= 0.3 is 12.1 Å². The summed E-state index contributed by atoms with van der Waals surface area (Å²) in [5, 5.41) is 5.26. The Morgan fingerprint density at radius 1 is 0.864 bits per heavy atom. The van der Waals surface area contributed by atoms with Crippen LogP contribution in [0.1, 0.15) is 13.8 Å². The molecule has 0 radical (unpaired) electrons. The number of nitrogens with zero attached hydrogens (tertiary/aromatic N) is 2.